The van der Waals surface area contributed by atoms with Crippen molar-refractivity contribution in [3.8, 4) is 0 Å². The quantitative estimate of drug-likeness (QED) is 0.833. The van der Waals surface area contributed by atoms with Crippen LogP contribution >= 0.6 is 0 Å². The monoisotopic (exact) mass is 354 g/mol. The number of aryl methyl sites for hydroxylation is 1. The summed E-state index contributed by atoms with van der Waals surface area (Å²) < 4.78 is 12.1. The van der Waals surface area contributed by atoms with Gasteiger partial charge in [0.25, 0.3) is 5.91 Å². The van der Waals surface area contributed by atoms with Gasteiger partial charge in [0, 0.05) is 31.6 Å². The summed E-state index contributed by atoms with van der Waals surface area (Å²) >= 11 is 0. The number of likely N-dealkylation sites (tertiary alicyclic amines) is 1. The number of hydrogen-bond donors (Lipinski definition) is 0. The van der Waals surface area contributed by atoms with Gasteiger partial charge in [-0.15, -0.1) is 0 Å². The van der Waals surface area contributed by atoms with Crippen LogP contribution in [0.15, 0.2) is 36.9 Å². The van der Waals surface area contributed by atoms with Crippen LogP contribution in [0, 0.1) is 6.92 Å². The van der Waals surface area contributed by atoms with Gasteiger partial charge in [-0.1, -0.05) is 0 Å². The summed E-state index contributed by atoms with van der Waals surface area (Å²) in [6, 6.07) is 3.92. The Kier molecular flexibility index (Phi) is 4.65. The number of rotatable bonds is 4. The second-order valence-corrected chi connectivity index (χ2v) is 7.02. The maximum atomic E-state index is 12.5. The van der Waals surface area contributed by atoms with Crippen LogP contribution in [-0.4, -0.2) is 57.2 Å². The minimum atomic E-state index is -0.283. The molecule has 1 spiro atoms. The minimum Gasteiger partial charge on any atom is -0.373 e. The molecule has 0 saturated carbocycles. The molecule has 0 N–H and O–H groups in total. The van der Waals surface area contributed by atoms with Gasteiger partial charge in [0.15, 0.2) is 0 Å². The van der Waals surface area contributed by atoms with Gasteiger partial charge in [0.05, 0.1) is 37.7 Å². The first-order valence-electron chi connectivity index (χ1n) is 8.86. The molecule has 0 aromatic carbocycles. The first kappa shape index (κ1) is 17.1. The number of ether oxygens (including phenoxy) is 2. The molecule has 0 aliphatic carbocycles. The van der Waals surface area contributed by atoms with Crippen molar-refractivity contribution in [2.45, 2.75) is 38.1 Å². The Labute approximate surface area is 152 Å². The Hall–Kier alpha value is -2.38. The van der Waals surface area contributed by atoms with E-state index in [4.69, 9.17) is 9.47 Å². The third-order valence-electron chi connectivity index (χ3n) is 4.93. The lowest BCUT2D eigenvalue weighted by Crippen LogP contribution is -2.67. The molecule has 1 atom stereocenters. The molecule has 7 heteroatoms. The molecule has 4 heterocycles. The second-order valence-electron chi connectivity index (χ2n) is 7.02. The topological polar surface area (TPSA) is 77.4 Å². The van der Waals surface area contributed by atoms with Gasteiger partial charge in [-0.3, -0.25) is 14.8 Å². The Morgan fingerprint density at radius 2 is 2.12 bits per heavy atom. The first-order valence-corrected chi connectivity index (χ1v) is 8.86. The fraction of sp³-hybridized carbons (Fsp3) is 0.474. The van der Waals surface area contributed by atoms with E-state index < -0.39 is 0 Å². The molecule has 2 fully saturated rings. The van der Waals surface area contributed by atoms with Gasteiger partial charge in [0.1, 0.15) is 11.3 Å². The Bertz CT molecular complexity index is 760. The zero-order chi connectivity index (χ0) is 18.0. The highest BCUT2D eigenvalue weighted by molar-refractivity contribution is 5.92. The average molecular weight is 354 g/mol. The van der Waals surface area contributed by atoms with E-state index in [1.54, 1.807) is 23.5 Å². The van der Waals surface area contributed by atoms with Crippen molar-refractivity contribution in [3.63, 3.8) is 0 Å². The summed E-state index contributed by atoms with van der Waals surface area (Å²) in [6.07, 6.45) is 8.52. The molecule has 2 aromatic heterocycles. The van der Waals surface area contributed by atoms with E-state index in [-0.39, 0.29) is 17.6 Å². The fourth-order valence-electron chi connectivity index (χ4n) is 3.50. The number of carbonyl (C=O) groups is 1. The predicted octanol–water partition coefficient (Wildman–Crippen LogP) is 1.77. The lowest BCUT2D eigenvalue weighted by Gasteiger charge is -2.52. The van der Waals surface area contributed by atoms with Crippen LogP contribution in [0.2, 0.25) is 0 Å². The summed E-state index contributed by atoms with van der Waals surface area (Å²) in [7, 11) is 0. The van der Waals surface area contributed by atoms with E-state index in [2.05, 4.69) is 15.0 Å². The van der Waals surface area contributed by atoms with Gasteiger partial charge < -0.3 is 14.4 Å². The number of carbonyl (C=O) groups excluding carboxylic acids is 1. The summed E-state index contributed by atoms with van der Waals surface area (Å²) in [4.78, 5) is 26.6. The normalized spacial score (nSPS) is 21.4. The van der Waals surface area contributed by atoms with Crippen molar-refractivity contribution in [1.82, 2.24) is 19.9 Å². The third-order valence-corrected chi connectivity index (χ3v) is 4.93. The molecule has 2 aliphatic rings. The Morgan fingerprint density at radius 3 is 2.85 bits per heavy atom. The van der Waals surface area contributed by atoms with Crippen molar-refractivity contribution in [2.24, 2.45) is 0 Å². The maximum absolute atomic E-state index is 12.5. The SMILES string of the molecule is Cc1cnc(C(=O)N2CC3(C[C@H](OCc4ccncc4)CCO3)C2)cn1. The summed E-state index contributed by atoms with van der Waals surface area (Å²) in [5.74, 6) is -0.0912. The van der Waals surface area contributed by atoms with Crippen molar-refractivity contribution in [1.29, 1.82) is 0 Å². The van der Waals surface area contributed by atoms with E-state index in [0.29, 0.717) is 32.0 Å². The molecule has 136 valence electrons. The van der Waals surface area contributed by atoms with Crippen molar-refractivity contribution < 1.29 is 14.3 Å². The summed E-state index contributed by atoms with van der Waals surface area (Å²) in [6.45, 7) is 4.24. The Morgan fingerprint density at radius 1 is 1.31 bits per heavy atom. The predicted molar refractivity (Wildman–Crippen MR) is 93.4 cm³/mol. The first-order chi connectivity index (χ1) is 12.6. The lowest BCUT2D eigenvalue weighted by molar-refractivity contribution is -0.188. The number of pyridine rings is 1. The fourth-order valence-corrected chi connectivity index (χ4v) is 3.50. The number of aromatic nitrogens is 3. The largest absolute Gasteiger partial charge is 0.373 e. The number of nitrogens with zero attached hydrogens (tertiary/aromatic N) is 4. The minimum absolute atomic E-state index is 0.0912. The maximum Gasteiger partial charge on any atom is 0.274 e. The molecule has 2 aromatic rings. The van der Waals surface area contributed by atoms with Crippen LogP contribution in [-0.2, 0) is 16.1 Å². The van der Waals surface area contributed by atoms with Crippen molar-refractivity contribution in [3.05, 3.63) is 53.9 Å². The van der Waals surface area contributed by atoms with Gasteiger partial charge in [-0.05, 0) is 31.0 Å². The third kappa shape index (κ3) is 3.59. The number of hydrogen-bond acceptors (Lipinski definition) is 6. The molecule has 2 aliphatic heterocycles. The average Bonchev–Trinajstić information content (AvgIpc) is 2.65. The van der Waals surface area contributed by atoms with Gasteiger partial charge in [0.2, 0.25) is 0 Å². The molecule has 0 radical (unpaired) electrons. The zero-order valence-electron chi connectivity index (χ0n) is 14.8. The van der Waals surface area contributed by atoms with E-state index in [1.807, 2.05) is 19.1 Å². The standard InChI is InChI=1S/C19H22N4O3/c1-14-9-22-17(10-21-14)18(24)23-12-19(13-23)8-16(4-7-26-19)25-11-15-2-5-20-6-3-15/h2-3,5-6,9-10,16H,4,7-8,11-13H2,1H3/t16-/m1/s1. The molecule has 2 saturated heterocycles. The molecule has 1 amide bonds. The second kappa shape index (κ2) is 7.09. The molecule has 0 unspecified atom stereocenters. The van der Waals surface area contributed by atoms with E-state index >= 15 is 0 Å². The molecular formula is C19H22N4O3. The number of amides is 1. The highest BCUT2D eigenvalue weighted by atomic mass is 16.5. The van der Waals surface area contributed by atoms with Crippen LogP contribution in [0.1, 0.15) is 34.6 Å². The van der Waals surface area contributed by atoms with Crippen LogP contribution in [0.5, 0.6) is 0 Å². The smallest absolute Gasteiger partial charge is 0.274 e. The van der Waals surface area contributed by atoms with E-state index in [9.17, 15) is 4.79 Å². The molecule has 0 bridgehead atoms. The van der Waals surface area contributed by atoms with Gasteiger partial charge in [-0.25, -0.2) is 4.98 Å². The van der Waals surface area contributed by atoms with Crippen LogP contribution in [0.3, 0.4) is 0 Å². The lowest BCUT2D eigenvalue weighted by atomic mass is 9.84. The zero-order valence-corrected chi connectivity index (χ0v) is 14.8. The van der Waals surface area contributed by atoms with Crippen molar-refractivity contribution >= 4 is 5.91 Å². The van der Waals surface area contributed by atoms with Gasteiger partial charge >= 0.3 is 0 Å². The molecular weight excluding hydrogens is 332 g/mol. The molecule has 7 nitrogen and oxygen atoms in total. The molecule has 26 heavy (non-hydrogen) atoms. The summed E-state index contributed by atoms with van der Waals surface area (Å²) in [5, 5.41) is 0. The molecule has 4 rings (SSSR count). The van der Waals surface area contributed by atoms with Crippen LogP contribution in [0.4, 0.5) is 0 Å². The summed E-state index contributed by atoms with van der Waals surface area (Å²) in [5.41, 5.74) is 2.01. The highest BCUT2D eigenvalue weighted by Crippen LogP contribution is 2.36. The van der Waals surface area contributed by atoms with Crippen LogP contribution < -0.4 is 0 Å². The van der Waals surface area contributed by atoms with Crippen LogP contribution in [0.25, 0.3) is 0 Å². The van der Waals surface area contributed by atoms with E-state index in [1.165, 1.54) is 6.20 Å². The Balaban J connectivity index is 1.31. The van der Waals surface area contributed by atoms with Crippen molar-refractivity contribution in [2.75, 3.05) is 19.7 Å². The highest BCUT2D eigenvalue weighted by Gasteiger charge is 2.49. The van der Waals surface area contributed by atoms with Gasteiger partial charge in [-0.2, -0.15) is 0 Å². The van der Waals surface area contributed by atoms with E-state index in [0.717, 1.165) is 24.1 Å².